The number of anilines is 1. The van der Waals surface area contributed by atoms with Gasteiger partial charge in [0.25, 0.3) is 0 Å². The molecule has 3 aromatic rings. The molecule has 1 saturated carbocycles. The number of carbonyl (C=O) groups excluding carboxylic acids is 1. The fourth-order valence-electron chi connectivity index (χ4n) is 5.15. The lowest BCUT2D eigenvalue weighted by molar-refractivity contribution is -0.149. The van der Waals surface area contributed by atoms with Crippen LogP contribution >= 0.6 is 0 Å². The zero-order chi connectivity index (χ0) is 25.1. The highest BCUT2D eigenvalue weighted by Crippen LogP contribution is 2.30. The van der Waals surface area contributed by atoms with E-state index in [1.54, 1.807) is 6.20 Å². The highest BCUT2D eigenvalue weighted by atomic mass is 32.2. The summed E-state index contributed by atoms with van der Waals surface area (Å²) >= 11 is 0. The summed E-state index contributed by atoms with van der Waals surface area (Å²) in [6, 6.07) is 9.92. The fraction of sp³-hybridized carbons (Fsp3) is 0.500. The van der Waals surface area contributed by atoms with Gasteiger partial charge in [-0.3, -0.25) is 4.79 Å². The number of fused-ring (bicyclic) bond motifs is 1. The van der Waals surface area contributed by atoms with Crippen molar-refractivity contribution >= 4 is 32.7 Å². The third-order valence-electron chi connectivity index (χ3n) is 7.06. The maximum absolute atomic E-state index is 12.0. The van der Waals surface area contributed by atoms with Crippen molar-refractivity contribution in [1.29, 1.82) is 0 Å². The Bertz CT molecular complexity index is 1330. The lowest BCUT2D eigenvalue weighted by Gasteiger charge is -2.27. The molecule has 5 rings (SSSR count). The van der Waals surface area contributed by atoms with Crippen molar-refractivity contribution in [3.05, 3.63) is 42.7 Å². The minimum absolute atomic E-state index is 0.0176. The molecule has 10 heteroatoms. The number of carbonyl (C=O) groups is 1. The molecule has 3 heterocycles. The van der Waals surface area contributed by atoms with E-state index >= 15 is 0 Å². The van der Waals surface area contributed by atoms with Crippen LogP contribution in [0.2, 0.25) is 0 Å². The van der Waals surface area contributed by atoms with E-state index in [0.717, 1.165) is 48.2 Å². The second-order valence-corrected chi connectivity index (χ2v) is 11.9. The van der Waals surface area contributed by atoms with E-state index < -0.39 is 9.84 Å². The van der Waals surface area contributed by atoms with Crippen molar-refractivity contribution in [3.63, 3.8) is 0 Å². The number of aromatic nitrogens is 3. The van der Waals surface area contributed by atoms with Crippen LogP contribution in [0.1, 0.15) is 39.0 Å². The molecule has 1 atom stereocenters. The minimum Gasteiger partial charge on any atom is -0.493 e. The van der Waals surface area contributed by atoms with Gasteiger partial charge >= 0.3 is 5.97 Å². The lowest BCUT2D eigenvalue weighted by atomic mass is 9.86. The van der Waals surface area contributed by atoms with Gasteiger partial charge in [-0.1, -0.05) is 6.07 Å². The first kappa shape index (κ1) is 24.5. The smallest absolute Gasteiger partial charge is 0.308 e. The zero-order valence-corrected chi connectivity index (χ0v) is 21.2. The van der Waals surface area contributed by atoms with Crippen LogP contribution in [0.5, 0.6) is 5.75 Å². The van der Waals surface area contributed by atoms with E-state index in [4.69, 9.17) is 14.5 Å². The number of sulfone groups is 1. The Hall–Kier alpha value is -3.14. The first-order valence-electron chi connectivity index (χ1n) is 12.6. The second kappa shape index (κ2) is 10.5. The molecule has 0 spiro atoms. The van der Waals surface area contributed by atoms with Gasteiger partial charge in [0.1, 0.15) is 11.6 Å². The van der Waals surface area contributed by atoms with Gasteiger partial charge in [-0.2, -0.15) is 4.98 Å². The van der Waals surface area contributed by atoms with Crippen LogP contribution in [-0.2, 0) is 19.4 Å². The third-order valence-corrected chi connectivity index (χ3v) is 8.90. The molecule has 36 heavy (non-hydrogen) atoms. The highest BCUT2D eigenvalue weighted by molar-refractivity contribution is 7.91. The summed E-state index contributed by atoms with van der Waals surface area (Å²) < 4.78 is 36.7. The van der Waals surface area contributed by atoms with Gasteiger partial charge in [-0.25, -0.2) is 13.4 Å². The summed E-state index contributed by atoms with van der Waals surface area (Å²) in [5.74, 6) is 2.41. The summed E-state index contributed by atoms with van der Waals surface area (Å²) in [4.78, 5) is 21.1. The van der Waals surface area contributed by atoms with E-state index in [1.807, 2.05) is 48.0 Å². The van der Waals surface area contributed by atoms with E-state index in [9.17, 15) is 13.2 Å². The van der Waals surface area contributed by atoms with Gasteiger partial charge < -0.3 is 19.4 Å². The van der Waals surface area contributed by atoms with Crippen LogP contribution in [-0.4, -0.2) is 59.7 Å². The summed E-state index contributed by atoms with van der Waals surface area (Å²) in [5.41, 5.74) is 0.950. The van der Waals surface area contributed by atoms with Crippen molar-refractivity contribution in [2.75, 3.05) is 30.0 Å². The molecule has 1 unspecified atom stereocenters. The normalized spacial score (nSPS) is 23.4. The molecular formula is C26H32N4O5S. The molecule has 1 N–H and O–H groups in total. The van der Waals surface area contributed by atoms with Gasteiger partial charge in [-0.05, 0) is 63.3 Å². The Kier molecular flexibility index (Phi) is 7.13. The van der Waals surface area contributed by atoms with Gasteiger partial charge in [0.05, 0.1) is 36.2 Å². The number of ether oxygens (including phenoxy) is 2. The summed E-state index contributed by atoms with van der Waals surface area (Å²) in [7, 11) is -2.92. The fourth-order valence-corrected chi connectivity index (χ4v) is 6.99. The quantitative estimate of drug-likeness (QED) is 0.454. The lowest BCUT2D eigenvalue weighted by Crippen LogP contribution is -2.30. The number of benzene rings is 1. The molecule has 0 bridgehead atoms. The summed E-state index contributed by atoms with van der Waals surface area (Å²) in [6.07, 6.45) is 7.68. The number of hydrogen-bond acceptors (Lipinski definition) is 8. The van der Waals surface area contributed by atoms with Crippen LogP contribution in [0.25, 0.3) is 16.7 Å². The van der Waals surface area contributed by atoms with Crippen molar-refractivity contribution in [3.8, 4) is 11.6 Å². The Labute approximate surface area is 211 Å². The predicted octanol–water partition coefficient (Wildman–Crippen LogP) is 3.77. The molecule has 1 aliphatic heterocycles. The predicted molar refractivity (Wildman–Crippen MR) is 137 cm³/mol. The Morgan fingerprint density at radius 2 is 1.97 bits per heavy atom. The number of nitrogens with one attached hydrogen (secondary N) is 1. The maximum Gasteiger partial charge on any atom is 0.308 e. The number of rotatable bonds is 8. The third kappa shape index (κ3) is 5.48. The minimum atomic E-state index is -2.92. The van der Waals surface area contributed by atoms with Crippen LogP contribution in [0.3, 0.4) is 0 Å². The zero-order valence-electron chi connectivity index (χ0n) is 20.4. The Morgan fingerprint density at radius 3 is 2.72 bits per heavy atom. The molecule has 1 saturated heterocycles. The molecule has 2 aliphatic rings. The molecule has 0 amide bonds. The second-order valence-electron chi connectivity index (χ2n) is 9.64. The number of nitrogens with zero attached hydrogens (tertiary/aromatic N) is 3. The van der Waals surface area contributed by atoms with Crippen LogP contribution in [0, 0.1) is 11.8 Å². The maximum atomic E-state index is 12.0. The van der Waals surface area contributed by atoms with E-state index in [0.29, 0.717) is 25.6 Å². The van der Waals surface area contributed by atoms with Gasteiger partial charge in [0.2, 0.25) is 5.95 Å². The molecule has 2 aromatic heterocycles. The molecular weight excluding hydrogens is 480 g/mol. The number of hydrogen-bond donors (Lipinski definition) is 1. The van der Waals surface area contributed by atoms with Gasteiger partial charge in [0, 0.05) is 29.7 Å². The standard InChI is InChI=1S/C26H32N4O5S/c1-2-34-25(31)19-6-8-20(9-7-19)28-26-27-13-10-24(29-26)30-14-11-21-22(30)4-3-5-23(21)35-16-18-12-15-36(32,33)17-18/h3-5,10-11,13-14,18-20H,2,6-9,12,15-17H2,1H3,(H,27,28,29)/t18?,19-,20-. The van der Waals surface area contributed by atoms with Crippen molar-refractivity contribution in [2.45, 2.75) is 45.1 Å². The number of esters is 1. The first-order valence-corrected chi connectivity index (χ1v) is 14.4. The first-order chi connectivity index (χ1) is 17.4. The van der Waals surface area contributed by atoms with E-state index in [1.165, 1.54) is 0 Å². The van der Waals surface area contributed by atoms with Crippen molar-refractivity contribution in [1.82, 2.24) is 14.5 Å². The highest BCUT2D eigenvalue weighted by Gasteiger charge is 2.29. The largest absolute Gasteiger partial charge is 0.493 e. The summed E-state index contributed by atoms with van der Waals surface area (Å²) in [5, 5.41) is 4.38. The van der Waals surface area contributed by atoms with Crippen LogP contribution < -0.4 is 10.1 Å². The molecule has 0 radical (unpaired) electrons. The Morgan fingerprint density at radius 1 is 1.14 bits per heavy atom. The average molecular weight is 513 g/mol. The molecule has 192 valence electrons. The average Bonchev–Trinajstić information content (AvgIpc) is 3.46. The Balaban J connectivity index is 1.26. The molecule has 2 fully saturated rings. The van der Waals surface area contributed by atoms with Crippen LogP contribution in [0.15, 0.2) is 42.7 Å². The van der Waals surface area contributed by atoms with Gasteiger partial charge in [-0.15, -0.1) is 0 Å². The summed E-state index contributed by atoms with van der Waals surface area (Å²) in [6.45, 7) is 2.65. The van der Waals surface area contributed by atoms with Gasteiger partial charge in [0.15, 0.2) is 9.84 Å². The van der Waals surface area contributed by atoms with Crippen LogP contribution in [0.4, 0.5) is 5.95 Å². The van der Waals surface area contributed by atoms with Crippen molar-refractivity contribution in [2.24, 2.45) is 11.8 Å². The molecule has 1 aliphatic carbocycles. The topological polar surface area (TPSA) is 112 Å². The van der Waals surface area contributed by atoms with E-state index in [-0.39, 0.29) is 35.4 Å². The molecule has 9 nitrogen and oxygen atoms in total. The SMILES string of the molecule is CCOC(=O)[C@H]1CC[C@H](Nc2nccc(-n3ccc4c(OCC5CCS(=O)(=O)C5)cccc43)n2)CC1. The monoisotopic (exact) mass is 512 g/mol. The van der Waals surface area contributed by atoms with E-state index in [2.05, 4.69) is 10.3 Å². The molecule has 1 aromatic carbocycles. The van der Waals surface area contributed by atoms with Crippen molar-refractivity contribution < 1.29 is 22.7 Å².